The molecule has 2 fully saturated rings. The summed E-state index contributed by atoms with van der Waals surface area (Å²) in [4.78, 5) is 13.2. The Labute approximate surface area is 500 Å². The van der Waals surface area contributed by atoms with Gasteiger partial charge in [0, 0.05) is 6.42 Å². The van der Waals surface area contributed by atoms with Crippen LogP contribution in [0.4, 0.5) is 0 Å². The molecule has 0 aromatic heterocycles. The van der Waals surface area contributed by atoms with Crippen molar-refractivity contribution in [1.82, 2.24) is 5.32 Å². The predicted octanol–water partition coefficient (Wildman–Crippen LogP) is 11.9. The van der Waals surface area contributed by atoms with Gasteiger partial charge in [-0.2, -0.15) is 0 Å². The number of amides is 1. The summed E-state index contributed by atoms with van der Waals surface area (Å²) in [7, 11) is 0. The van der Waals surface area contributed by atoms with Gasteiger partial charge in [-0.3, -0.25) is 4.79 Å². The first-order chi connectivity index (χ1) is 40.6. The minimum Gasteiger partial charge on any atom is -0.394 e. The van der Waals surface area contributed by atoms with Gasteiger partial charge in [0.05, 0.1) is 32.0 Å². The first-order valence-corrected chi connectivity index (χ1v) is 31.9. The van der Waals surface area contributed by atoms with Gasteiger partial charge in [0.15, 0.2) is 12.6 Å². The largest absolute Gasteiger partial charge is 0.394 e. The van der Waals surface area contributed by atoms with Gasteiger partial charge in [-0.15, -0.1) is 0 Å². The molecular formula is C69H113NO13. The number of hydrogen-bond donors (Lipinski definition) is 9. The van der Waals surface area contributed by atoms with E-state index < -0.39 is 86.8 Å². The van der Waals surface area contributed by atoms with Crippen LogP contribution >= 0.6 is 0 Å². The van der Waals surface area contributed by atoms with Crippen LogP contribution in [0.1, 0.15) is 200 Å². The van der Waals surface area contributed by atoms with Gasteiger partial charge in [0.1, 0.15) is 48.8 Å². The highest BCUT2D eigenvalue weighted by Crippen LogP contribution is 2.30. The molecule has 12 atom stereocenters. The monoisotopic (exact) mass is 1160 g/mol. The van der Waals surface area contributed by atoms with Crippen LogP contribution in [0.25, 0.3) is 0 Å². The fourth-order valence-corrected chi connectivity index (χ4v) is 9.49. The molecule has 0 aliphatic carbocycles. The molecule has 2 aliphatic heterocycles. The van der Waals surface area contributed by atoms with E-state index in [1.54, 1.807) is 6.08 Å². The van der Waals surface area contributed by atoms with Crippen LogP contribution in [0.5, 0.6) is 0 Å². The van der Waals surface area contributed by atoms with E-state index in [0.717, 1.165) is 116 Å². The predicted molar refractivity (Wildman–Crippen MR) is 336 cm³/mol. The molecule has 83 heavy (non-hydrogen) atoms. The van der Waals surface area contributed by atoms with Crippen LogP contribution < -0.4 is 5.32 Å². The highest BCUT2D eigenvalue weighted by atomic mass is 16.7. The minimum absolute atomic E-state index is 0.254. The Morgan fingerprint density at radius 1 is 0.446 bits per heavy atom. The number of rotatable bonds is 49. The van der Waals surface area contributed by atoms with Gasteiger partial charge >= 0.3 is 0 Å². The van der Waals surface area contributed by atoms with Crippen molar-refractivity contribution in [3.05, 3.63) is 134 Å². The molecule has 2 aliphatic rings. The normalized spacial score (nSPS) is 24.7. The Balaban J connectivity index is 1.57. The van der Waals surface area contributed by atoms with Crippen LogP contribution in [0.15, 0.2) is 134 Å². The highest BCUT2D eigenvalue weighted by molar-refractivity contribution is 5.76. The number of nitrogens with one attached hydrogen (secondary N) is 1. The molecule has 0 bridgehead atoms. The molecule has 472 valence electrons. The van der Waals surface area contributed by atoms with E-state index in [-0.39, 0.29) is 18.9 Å². The zero-order valence-corrected chi connectivity index (χ0v) is 50.9. The van der Waals surface area contributed by atoms with E-state index in [0.29, 0.717) is 6.42 Å². The molecule has 2 saturated heterocycles. The number of carbonyl (C=O) groups excluding carboxylic acids is 1. The van der Waals surface area contributed by atoms with Crippen LogP contribution in [0, 0.1) is 0 Å². The second-order valence-electron chi connectivity index (χ2n) is 21.8. The van der Waals surface area contributed by atoms with Crippen molar-refractivity contribution in [1.29, 1.82) is 0 Å². The van der Waals surface area contributed by atoms with E-state index in [1.165, 1.54) is 57.8 Å². The van der Waals surface area contributed by atoms with Crippen molar-refractivity contribution in [2.24, 2.45) is 0 Å². The molecular weight excluding hydrogens is 1050 g/mol. The smallest absolute Gasteiger partial charge is 0.220 e. The third kappa shape index (κ3) is 37.3. The molecule has 2 heterocycles. The maximum absolute atomic E-state index is 13.2. The fourth-order valence-electron chi connectivity index (χ4n) is 9.49. The zero-order chi connectivity index (χ0) is 60.2. The Hall–Kier alpha value is -3.87. The zero-order valence-electron chi connectivity index (χ0n) is 50.9. The SMILES string of the molecule is CC/C=C\C/C=C\C/C=C\C/C=C\C/C=C\C/C=C\C/C=C\C/C=C\C/C=C\C/C=C\CCCCCCCCCCCCC(=O)NC(COC1OC(CO)C(OC2OC(CO)C(O)C(O)C2O)C(O)C1O)C(O)/C=C/CCCCCCCC. The molecule has 12 unspecified atom stereocenters. The van der Waals surface area contributed by atoms with E-state index in [1.807, 2.05) is 6.08 Å². The van der Waals surface area contributed by atoms with Crippen LogP contribution in [-0.4, -0.2) is 140 Å². The number of allylic oxidation sites excluding steroid dienone is 21. The first kappa shape index (κ1) is 75.2. The summed E-state index contributed by atoms with van der Waals surface area (Å²) < 4.78 is 22.7. The van der Waals surface area contributed by atoms with Crippen LogP contribution in [0.3, 0.4) is 0 Å². The molecule has 0 saturated carbocycles. The standard InChI is InChI=1S/C69H113NO13/c1-3-5-7-9-11-13-14-15-16-17-18-19-20-21-22-23-24-25-26-27-28-29-30-31-32-33-34-35-36-37-38-39-40-41-42-43-44-45-47-49-51-53-61(74)70-57(58(73)52-50-48-46-12-10-8-6-4-2)56-80-68-66(79)64(77)67(60(55-72)82-68)83-69-65(78)63(76)62(75)59(54-71)81-69/h5,7,11,13,15-16,18-19,21-22,24-25,27-28,30-31,33-34,36-37,50,52,57-60,62-69,71-73,75-79H,3-4,6,8-10,12,14,17,20,23,26,29,32,35,38-49,51,53-56H2,1-2H3,(H,70,74)/b7-5-,13-11-,16-15-,19-18-,22-21-,25-24-,28-27-,31-30-,34-33-,37-36-,52-50+. The van der Waals surface area contributed by atoms with Gasteiger partial charge in [-0.25, -0.2) is 0 Å². The molecule has 2 rings (SSSR count). The van der Waals surface area contributed by atoms with Gasteiger partial charge in [0.2, 0.25) is 5.91 Å². The van der Waals surface area contributed by atoms with Gasteiger partial charge in [-0.1, -0.05) is 231 Å². The Morgan fingerprint density at radius 2 is 0.831 bits per heavy atom. The topological polar surface area (TPSA) is 228 Å². The third-order valence-electron chi connectivity index (χ3n) is 14.6. The van der Waals surface area contributed by atoms with Crippen molar-refractivity contribution in [3.8, 4) is 0 Å². The van der Waals surface area contributed by atoms with Crippen molar-refractivity contribution >= 4 is 5.91 Å². The summed E-state index contributed by atoms with van der Waals surface area (Å²) in [6.07, 6.45) is 61.1. The lowest BCUT2D eigenvalue weighted by atomic mass is 9.97. The number of aliphatic hydroxyl groups excluding tert-OH is 8. The molecule has 0 radical (unpaired) electrons. The summed E-state index contributed by atoms with van der Waals surface area (Å²) in [5.41, 5.74) is 0. The number of ether oxygens (including phenoxy) is 4. The lowest BCUT2D eigenvalue weighted by Gasteiger charge is -2.46. The maximum atomic E-state index is 13.2. The summed E-state index contributed by atoms with van der Waals surface area (Å²) in [5, 5.41) is 86.8. The first-order valence-electron chi connectivity index (χ1n) is 31.9. The van der Waals surface area contributed by atoms with E-state index in [9.17, 15) is 45.6 Å². The summed E-state index contributed by atoms with van der Waals surface area (Å²) in [6, 6.07) is -0.923. The molecule has 1 amide bonds. The number of hydrogen-bond acceptors (Lipinski definition) is 13. The highest BCUT2D eigenvalue weighted by Gasteiger charge is 2.51. The Morgan fingerprint density at radius 3 is 1.28 bits per heavy atom. The molecule has 0 aromatic rings. The fraction of sp³-hybridized carbons (Fsp3) is 0.667. The number of unbranched alkanes of at least 4 members (excludes halogenated alkanes) is 16. The summed E-state index contributed by atoms with van der Waals surface area (Å²) in [6.45, 7) is 2.60. The molecule has 0 aromatic carbocycles. The summed E-state index contributed by atoms with van der Waals surface area (Å²) in [5.74, 6) is -0.254. The third-order valence-corrected chi connectivity index (χ3v) is 14.6. The van der Waals surface area contributed by atoms with Gasteiger partial charge in [-0.05, 0) is 96.3 Å². The number of aliphatic hydroxyl groups is 8. The van der Waals surface area contributed by atoms with Gasteiger partial charge < -0.3 is 65.1 Å². The Kier molecular flexibility index (Phi) is 47.5. The minimum atomic E-state index is -1.79. The van der Waals surface area contributed by atoms with Crippen molar-refractivity contribution < 1.29 is 64.6 Å². The maximum Gasteiger partial charge on any atom is 0.220 e. The summed E-state index contributed by atoms with van der Waals surface area (Å²) >= 11 is 0. The van der Waals surface area contributed by atoms with E-state index in [2.05, 4.69) is 141 Å². The van der Waals surface area contributed by atoms with Crippen molar-refractivity contribution in [2.45, 2.75) is 274 Å². The van der Waals surface area contributed by atoms with E-state index in [4.69, 9.17) is 18.9 Å². The van der Waals surface area contributed by atoms with Crippen LogP contribution in [0.2, 0.25) is 0 Å². The molecule has 9 N–H and O–H groups in total. The van der Waals surface area contributed by atoms with E-state index >= 15 is 0 Å². The molecule has 14 nitrogen and oxygen atoms in total. The van der Waals surface area contributed by atoms with Crippen molar-refractivity contribution in [3.63, 3.8) is 0 Å². The van der Waals surface area contributed by atoms with Crippen LogP contribution in [-0.2, 0) is 23.7 Å². The second kappa shape index (κ2) is 52.5. The quantitative estimate of drug-likeness (QED) is 0.0204. The van der Waals surface area contributed by atoms with Gasteiger partial charge in [0.25, 0.3) is 0 Å². The number of carbonyl (C=O) groups is 1. The second-order valence-corrected chi connectivity index (χ2v) is 21.8. The Bertz CT molecular complexity index is 1900. The molecule has 14 heteroatoms. The van der Waals surface area contributed by atoms with Crippen molar-refractivity contribution in [2.75, 3.05) is 19.8 Å². The molecule has 0 spiro atoms. The lowest BCUT2D eigenvalue weighted by molar-refractivity contribution is -0.359. The average molecular weight is 1160 g/mol. The lowest BCUT2D eigenvalue weighted by Crippen LogP contribution is -2.65. The average Bonchev–Trinajstić information content (AvgIpc) is 3.45.